The first-order valence-corrected chi connectivity index (χ1v) is 6.68. The number of aromatic nitrogens is 2. The summed E-state index contributed by atoms with van der Waals surface area (Å²) >= 11 is 0. The molecule has 1 amide bonds. The van der Waals surface area contributed by atoms with Gasteiger partial charge < -0.3 is 9.84 Å². The average molecular weight is 313 g/mol. The molecule has 2 aromatic rings. The normalized spacial score (nSPS) is 11.4. The van der Waals surface area contributed by atoms with Gasteiger partial charge in [0, 0.05) is 12.1 Å². The molecule has 0 saturated heterocycles. The molecule has 0 fully saturated rings. The number of unbranched alkanes of at least 4 members (excludes halogenated alkanes) is 1. The predicted octanol–water partition coefficient (Wildman–Crippen LogP) is 2.82. The number of carbonyl (C=O) groups excluding carboxylic acids is 1. The molecule has 1 heterocycles. The second-order valence-corrected chi connectivity index (χ2v) is 4.65. The standard InChI is InChI=1S/C14H14F3N3O2/c15-14(16,17)13-19-12(20-22-13)11-6-4-10(5-7-11)3-1-2-8-18-9-21/h4-7,9H,1-3,8H2,(H,18,21). The van der Waals surface area contributed by atoms with Crippen molar-refractivity contribution in [1.29, 1.82) is 0 Å². The number of rotatable bonds is 7. The SMILES string of the molecule is O=CNCCCCc1ccc(-c2noc(C(F)(F)F)n2)cc1. The first kappa shape index (κ1) is 16.0. The van der Waals surface area contributed by atoms with Crippen LogP contribution in [0, 0.1) is 0 Å². The van der Waals surface area contributed by atoms with Gasteiger partial charge in [-0.3, -0.25) is 4.79 Å². The van der Waals surface area contributed by atoms with Crippen LogP contribution in [-0.2, 0) is 17.4 Å². The number of alkyl halides is 3. The van der Waals surface area contributed by atoms with Crippen molar-refractivity contribution in [2.24, 2.45) is 0 Å². The second kappa shape index (κ2) is 7.06. The molecule has 118 valence electrons. The van der Waals surface area contributed by atoms with Crippen molar-refractivity contribution in [3.8, 4) is 11.4 Å². The molecule has 0 atom stereocenters. The third kappa shape index (κ3) is 4.31. The van der Waals surface area contributed by atoms with Crippen LogP contribution >= 0.6 is 0 Å². The third-order valence-electron chi connectivity index (χ3n) is 3.00. The van der Waals surface area contributed by atoms with Crippen LogP contribution in [0.25, 0.3) is 11.4 Å². The van der Waals surface area contributed by atoms with Crippen LogP contribution in [0.15, 0.2) is 28.8 Å². The molecule has 0 aliphatic rings. The van der Waals surface area contributed by atoms with E-state index in [1.165, 1.54) is 0 Å². The van der Waals surface area contributed by atoms with Gasteiger partial charge in [0.15, 0.2) is 0 Å². The van der Waals surface area contributed by atoms with Crippen LogP contribution in [0.4, 0.5) is 13.2 Å². The fourth-order valence-electron chi connectivity index (χ4n) is 1.89. The maximum atomic E-state index is 12.4. The van der Waals surface area contributed by atoms with Crippen molar-refractivity contribution >= 4 is 6.41 Å². The van der Waals surface area contributed by atoms with Crippen LogP contribution in [0.3, 0.4) is 0 Å². The quantitative estimate of drug-likeness (QED) is 0.630. The molecule has 1 aromatic heterocycles. The lowest BCUT2D eigenvalue weighted by atomic mass is 10.1. The van der Waals surface area contributed by atoms with Gasteiger partial charge in [-0.1, -0.05) is 29.4 Å². The maximum Gasteiger partial charge on any atom is 0.471 e. The van der Waals surface area contributed by atoms with Crippen LogP contribution in [-0.4, -0.2) is 23.1 Å². The number of hydrogen-bond donors (Lipinski definition) is 1. The minimum atomic E-state index is -4.64. The molecule has 5 nitrogen and oxygen atoms in total. The van der Waals surface area contributed by atoms with E-state index in [4.69, 9.17) is 0 Å². The fourth-order valence-corrected chi connectivity index (χ4v) is 1.89. The Kier molecular flexibility index (Phi) is 5.13. The zero-order chi connectivity index (χ0) is 16.0. The molecule has 0 spiro atoms. The molecule has 2 rings (SSSR count). The summed E-state index contributed by atoms with van der Waals surface area (Å²) in [4.78, 5) is 13.4. The molecule has 0 aliphatic heterocycles. The van der Waals surface area contributed by atoms with Crippen LogP contribution < -0.4 is 5.32 Å². The van der Waals surface area contributed by atoms with Crippen molar-refractivity contribution in [2.45, 2.75) is 25.4 Å². The van der Waals surface area contributed by atoms with E-state index in [1.807, 2.05) is 12.1 Å². The Bertz CT molecular complexity index is 609. The maximum absolute atomic E-state index is 12.4. The molecule has 0 aliphatic carbocycles. The summed E-state index contributed by atoms with van der Waals surface area (Å²) in [6.45, 7) is 0.630. The Morgan fingerprint density at radius 3 is 2.50 bits per heavy atom. The second-order valence-electron chi connectivity index (χ2n) is 4.65. The molecule has 0 bridgehead atoms. The summed E-state index contributed by atoms with van der Waals surface area (Å²) in [6.07, 6.45) is -1.39. The van der Waals surface area contributed by atoms with E-state index in [0.29, 0.717) is 18.5 Å². The van der Waals surface area contributed by atoms with Gasteiger partial charge in [-0.25, -0.2) is 0 Å². The number of aryl methyl sites for hydroxylation is 1. The first-order valence-electron chi connectivity index (χ1n) is 6.68. The summed E-state index contributed by atoms with van der Waals surface area (Å²) < 4.78 is 41.4. The Morgan fingerprint density at radius 2 is 1.91 bits per heavy atom. The molecule has 0 unspecified atom stereocenters. The summed E-state index contributed by atoms with van der Waals surface area (Å²) in [6, 6.07) is 6.94. The van der Waals surface area contributed by atoms with E-state index in [-0.39, 0.29) is 5.82 Å². The molecule has 8 heteroatoms. The van der Waals surface area contributed by atoms with Crippen LogP contribution in [0.5, 0.6) is 0 Å². The molecular weight excluding hydrogens is 299 g/mol. The monoisotopic (exact) mass is 313 g/mol. The topological polar surface area (TPSA) is 68.0 Å². The van der Waals surface area contributed by atoms with E-state index in [0.717, 1.165) is 24.8 Å². The lowest BCUT2D eigenvalue weighted by molar-refractivity contribution is -0.159. The Balaban J connectivity index is 1.94. The summed E-state index contributed by atoms with van der Waals surface area (Å²) in [5.74, 6) is -1.44. The van der Waals surface area contributed by atoms with Gasteiger partial charge in [0.1, 0.15) is 0 Å². The van der Waals surface area contributed by atoms with Crippen molar-refractivity contribution in [2.75, 3.05) is 6.54 Å². The zero-order valence-electron chi connectivity index (χ0n) is 11.6. The molecule has 22 heavy (non-hydrogen) atoms. The van der Waals surface area contributed by atoms with Crippen molar-refractivity contribution in [1.82, 2.24) is 15.5 Å². The number of nitrogens with zero attached hydrogens (tertiary/aromatic N) is 2. The van der Waals surface area contributed by atoms with Crippen LogP contribution in [0.1, 0.15) is 24.3 Å². The lowest BCUT2D eigenvalue weighted by Gasteiger charge is -2.02. The third-order valence-corrected chi connectivity index (χ3v) is 3.00. The van der Waals surface area contributed by atoms with E-state index >= 15 is 0 Å². The molecule has 1 N–H and O–H groups in total. The largest absolute Gasteiger partial charge is 0.471 e. The number of halogens is 3. The predicted molar refractivity (Wildman–Crippen MR) is 71.7 cm³/mol. The van der Waals surface area contributed by atoms with Gasteiger partial charge in [-0.2, -0.15) is 18.2 Å². The van der Waals surface area contributed by atoms with Crippen molar-refractivity contribution in [3.63, 3.8) is 0 Å². The highest BCUT2D eigenvalue weighted by molar-refractivity contribution is 5.54. The number of hydrogen-bond acceptors (Lipinski definition) is 4. The highest BCUT2D eigenvalue weighted by Crippen LogP contribution is 2.29. The number of nitrogens with one attached hydrogen (secondary N) is 1. The highest BCUT2D eigenvalue weighted by atomic mass is 19.4. The minimum absolute atomic E-state index is 0.0888. The number of carbonyl (C=O) groups is 1. The Morgan fingerprint density at radius 1 is 1.18 bits per heavy atom. The van der Waals surface area contributed by atoms with Crippen molar-refractivity contribution in [3.05, 3.63) is 35.7 Å². The van der Waals surface area contributed by atoms with Gasteiger partial charge in [-0.05, 0) is 24.8 Å². The number of benzene rings is 1. The van der Waals surface area contributed by atoms with Gasteiger partial charge >= 0.3 is 12.1 Å². The molecule has 1 aromatic carbocycles. The number of amides is 1. The molecular formula is C14H14F3N3O2. The highest BCUT2D eigenvalue weighted by Gasteiger charge is 2.38. The van der Waals surface area contributed by atoms with Gasteiger partial charge in [0.2, 0.25) is 12.2 Å². The van der Waals surface area contributed by atoms with E-state index < -0.39 is 12.1 Å². The van der Waals surface area contributed by atoms with Gasteiger partial charge in [0.05, 0.1) is 0 Å². The van der Waals surface area contributed by atoms with Crippen molar-refractivity contribution < 1.29 is 22.5 Å². The Hall–Kier alpha value is -2.38. The smallest absolute Gasteiger partial charge is 0.359 e. The van der Waals surface area contributed by atoms with Crippen LogP contribution in [0.2, 0.25) is 0 Å². The van der Waals surface area contributed by atoms with Gasteiger partial charge in [0.25, 0.3) is 0 Å². The van der Waals surface area contributed by atoms with E-state index in [1.54, 1.807) is 12.1 Å². The zero-order valence-corrected chi connectivity index (χ0v) is 11.6. The fraction of sp³-hybridized carbons (Fsp3) is 0.357. The van der Waals surface area contributed by atoms with E-state index in [9.17, 15) is 18.0 Å². The average Bonchev–Trinajstić information content (AvgIpc) is 2.98. The Labute approximate surface area is 124 Å². The summed E-state index contributed by atoms with van der Waals surface area (Å²) in [5, 5.41) is 5.91. The molecule has 0 radical (unpaired) electrons. The first-order chi connectivity index (χ1) is 10.5. The summed E-state index contributed by atoms with van der Waals surface area (Å²) in [5.41, 5.74) is 1.51. The minimum Gasteiger partial charge on any atom is -0.359 e. The van der Waals surface area contributed by atoms with Gasteiger partial charge in [-0.15, -0.1) is 0 Å². The summed E-state index contributed by atoms with van der Waals surface area (Å²) in [7, 11) is 0. The van der Waals surface area contributed by atoms with E-state index in [2.05, 4.69) is 20.0 Å². The lowest BCUT2D eigenvalue weighted by Crippen LogP contribution is -2.11. The molecule has 0 saturated carbocycles.